The first-order valence-electron chi connectivity index (χ1n) is 6.90. The van der Waals surface area contributed by atoms with E-state index in [4.69, 9.17) is 10.3 Å². The molecule has 0 aromatic heterocycles. The van der Waals surface area contributed by atoms with Crippen molar-refractivity contribution in [2.24, 2.45) is 17.0 Å². The Morgan fingerprint density at radius 2 is 2.26 bits per heavy atom. The average Bonchev–Trinajstić information content (AvgIpc) is 2.41. The third-order valence-electron chi connectivity index (χ3n) is 4.21. The van der Waals surface area contributed by atoms with E-state index >= 15 is 0 Å². The fourth-order valence-electron chi connectivity index (χ4n) is 2.75. The van der Waals surface area contributed by atoms with Crippen molar-refractivity contribution in [3.05, 3.63) is 10.4 Å². The third kappa shape index (κ3) is 4.11. The maximum atomic E-state index is 12.1. The van der Waals surface area contributed by atoms with Crippen molar-refractivity contribution in [2.75, 3.05) is 20.2 Å². The quantitative estimate of drug-likeness (QED) is 0.264. The van der Waals surface area contributed by atoms with Crippen LogP contribution in [-0.2, 0) is 9.53 Å². The second-order valence-corrected chi connectivity index (χ2v) is 5.51. The fraction of sp³-hybridized carbons (Fsp3) is 0.923. The van der Waals surface area contributed by atoms with Gasteiger partial charge in [-0.1, -0.05) is 19.0 Å². The fourth-order valence-corrected chi connectivity index (χ4v) is 2.75. The highest BCUT2D eigenvalue weighted by Gasteiger charge is 2.44. The topological polar surface area (TPSA) is 87.1 Å². The van der Waals surface area contributed by atoms with Crippen molar-refractivity contribution in [3.8, 4) is 0 Å². The molecule has 1 aliphatic rings. The van der Waals surface area contributed by atoms with Crippen molar-refractivity contribution in [1.29, 1.82) is 0 Å². The largest absolute Gasteiger partial charge is 0.468 e. The predicted molar refractivity (Wildman–Crippen MR) is 73.6 cm³/mol. The first-order valence-corrected chi connectivity index (χ1v) is 6.90. The van der Waals surface area contributed by atoms with Crippen LogP contribution in [0.25, 0.3) is 10.4 Å². The number of nitrogens with zero attached hydrogens (tertiary/aromatic N) is 3. The zero-order chi connectivity index (χ0) is 14.3. The molecule has 19 heavy (non-hydrogen) atoms. The number of hydrogen-bond acceptors (Lipinski definition) is 4. The molecule has 1 aliphatic carbocycles. The monoisotopic (exact) mass is 268 g/mol. The molecule has 1 fully saturated rings. The molecule has 1 N–H and O–H groups in total. The molecule has 108 valence electrons. The van der Waals surface area contributed by atoms with E-state index in [1.165, 1.54) is 7.11 Å². The van der Waals surface area contributed by atoms with Gasteiger partial charge in [-0.15, -0.1) is 0 Å². The Bertz CT molecular complexity index is 355. The number of rotatable bonds is 6. The Morgan fingerprint density at radius 1 is 1.53 bits per heavy atom. The van der Waals surface area contributed by atoms with Gasteiger partial charge in [0, 0.05) is 11.5 Å². The Balaban J connectivity index is 2.61. The minimum atomic E-state index is -0.558. The van der Waals surface area contributed by atoms with Gasteiger partial charge in [-0.05, 0) is 49.6 Å². The van der Waals surface area contributed by atoms with E-state index in [-0.39, 0.29) is 5.97 Å². The van der Waals surface area contributed by atoms with Crippen LogP contribution < -0.4 is 5.32 Å². The number of azide groups is 1. The minimum absolute atomic E-state index is 0.171. The minimum Gasteiger partial charge on any atom is -0.468 e. The van der Waals surface area contributed by atoms with Crippen LogP contribution in [0.1, 0.15) is 39.5 Å². The zero-order valence-electron chi connectivity index (χ0n) is 12.1. The van der Waals surface area contributed by atoms with Crippen LogP contribution in [0.2, 0.25) is 0 Å². The van der Waals surface area contributed by atoms with Crippen LogP contribution >= 0.6 is 0 Å². The van der Waals surface area contributed by atoms with E-state index in [1.54, 1.807) is 0 Å². The van der Waals surface area contributed by atoms with Gasteiger partial charge < -0.3 is 10.1 Å². The number of nitrogens with one attached hydrogen (secondary N) is 1. The molecule has 0 amide bonds. The highest BCUT2D eigenvalue weighted by atomic mass is 16.5. The Kier molecular flexibility index (Phi) is 6.12. The predicted octanol–water partition coefficient (Wildman–Crippen LogP) is 2.64. The van der Waals surface area contributed by atoms with Crippen LogP contribution in [-0.4, -0.2) is 31.7 Å². The highest BCUT2D eigenvalue weighted by Crippen LogP contribution is 2.36. The van der Waals surface area contributed by atoms with E-state index in [9.17, 15) is 4.79 Å². The molecule has 1 rings (SSSR count). The van der Waals surface area contributed by atoms with Crippen molar-refractivity contribution in [1.82, 2.24) is 5.32 Å². The SMILES string of the molecule is COC(=O)C1(NCCCN=[N+]=[N-])CCC(C)C(C)C1. The van der Waals surface area contributed by atoms with E-state index in [2.05, 4.69) is 29.2 Å². The molecule has 0 heterocycles. The van der Waals surface area contributed by atoms with Crippen LogP contribution in [0.4, 0.5) is 0 Å². The van der Waals surface area contributed by atoms with Gasteiger partial charge in [0.15, 0.2) is 0 Å². The summed E-state index contributed by atoms with van der Waals surface area (Å²) in [5, 5.41) is 6.83. The number of ether oxygens (including phenoxy) is 1. The van der Waals surface area contributed by atoms with Gasteiger partial charge in [-0.3, -0.25) is 4.79 Å². The summed E-state index contributed by atoms with van der Waals surface area (Å²) in [6, 6.07) is 0. The molecule has 6 nitrogen and oxygen atoms in total. The molecule has 0 bridgehead atoms. The zero-order valence-corrected chi connectivity index (χ0v) is 12.1. The van der Waals surface area contributed by atoms with Gasteiger partial charge in [0.1, 0.15) is 5.54 Å². The second-order valence-electron chi connectivity index (χ2n) is 5.51. The maximum Gasteiger partial charge on any atom is 0.326 e. The van der Waals surface area contributed by atoms with Crippen LogP contribution in [0.3, 0.4) is 0 Å². The van der Waals surface area contributed by atoms with Crippen molar-refractivity contribution < 1.29 is 9.53 Å². The maximum absolute atomic E-state index is 12.1. The Morgan fingerprint density at radius 3 is 2.84 bits per heavy atom. The van der Waals surface area contributed by atoms with Crippen molar-refractivity contribution in [3.63, 3.8) is 0 Å². The molecule has 6 heteroatoms. The molecule has 0 spiro atoms. The lowest BCUT2D eigenvalue weighted by molar-refractivity contribution is -0.151. The normalized spacial score (nSPS) is 30.5. The van der Waals surface area contributed by atoms with E-state index in [0.29, 0.717) is 24.9 Å². The summed E-state index contributed by atoms with van der Waals surface area (Å²) in [5.41, 5.74) is 7.66. The number of methoxy groups -OCH3 is 1. The summed E-state index contributed by atoms with van der Waals surface area (Å²) in [5.74, 6) is 0.968. The lowest BCUT2D eigenvalue weighted by atomic mass is 9.71. The molecular weight excluding hydrogens is 244 g/mol. The van der Waals surface area contributed by atoms with Gasteiger partial charge >= 0.3 is 5.97 Å². The highest BCUT2D eigenvalue weighted by molar-refractivity contribution is 5.81. The molecule has 0 aliphatic heterocycles. The van der Waals surface area contributed by atoms with Crippen LogP contribution in [0.15, 0.2) is 5.11 Å². The molecule has 0 radical (unpaired) electrons. The van der Waals surface area contributed by atoms with E-state index in [1.807, 2.05) is 0 Å². The summed E-state index contributed by atoms with van der Waals surface area (Å²) < 4.78 is 4.97. The molecule has 1 saturated carbocycles. The molecule has 0 aromatic carbocycles. The lowest BCUT2D eigenvalue weighted by Crippen LogP contribution is -2.56. The summed E-state index contributed by atoms with van der Waals surface area (Å²) in [4.78, 5) is 14.8. The standard InChI is InChI=1S/C13H24N4O2/c1-10-5-6-13(9-11(10)2,12(18)19-3)15-7-4-8-16-17-14/h10-11,15H,4-9H2,1-3H3. The van der Waals surface area contributed by atoms with E-state index in [0.717, 1.165) is 25.7 Å². The van der Waals surface area contributed by atoms with Gasteiger partial charge in [-0.2, -0.15) is 0 Å². The number of carbonyl (C=O) groups excluding carboxylic acids is 1. The number of hydrogen-bond donors (Lipinski definition) is 1. The summed E-state index contributed by atoms with van der Waals surface area (Å²) in [7, 11) is 1.44. The second kappa shape index (κ2) is 7.36. The molecule has 3 atom stereocenters. The molecule has 0 aromatic rings. The Labute approximate surface area is 114 Å². The first kappa shape index (κ1) is 15.8. The van der Waals surface area contributed by atoms with Crippen molar-refractivity contribution >= 4 is 5.97 Å². The number of carbonyl (C=O) groups is 1. The van der Waals surface area contributed by atoms with E-state index < -0.39 is 5.54 Å². The van der Waals surface area contributed by atoms with Crippen molar-refractivity contribution in [2.45, 2.75) is 45.1 Å². The number of esters is 1. The van der Waals surface area contributed by atoms with Crippen LogP contribution in [0.5, 0.6) is 0 Å². The van der Waals surface area contributed by atoms with Crippen LogP contribution in [0, 0.1) is 11.8 Å². The molecular formula is C13H24N4O2. The summed E-state index contributed by atoms with van der Waals surface area (Å²) in [6.45, 7) is 5.53. The average molecular weight is 268 g/mol. The van der Waals surface area contributed by atoms with Gasteiger partial charge in [-0.25, -0.2) is 0 Å². The summed E-state index contributed by atoms with van der Waals surface area (Å²) >= 11 is 0. The lowest BCUT2D eigenvalue weighted by Gasteiger charge is -2.41. The summed E-state index contributed by atoms with van der Waals surface area (Å²) in [6.07, 6.45) is 3.38. The smallest absolute Gasteiger partial charge is 0.326 e. The Hall–Kier alpha value is -1.26. The molecule has 3 unspecified atom stereocenters. The van der Waals surface area contributed by atoms with Gasteiger partial charge in [0.05, 0.1) is 7.11 Å². The third-order valence-corrected chi connectivity index (χ3v) is 4.21. The van der Waals surface area contributed by atoms with Gasteiger partial charge in [0.2, 0.25) is 0 Å². The first-order chi connectivity index (χ1) is 9.05. The molecule has 0 saturated heterocycles. The van der Waals surface area contributed by atoms with Gasteiger partial charge in [0.25, 0.3) is 0 Å².